The Morgan fingerprint density at radius 2 is 2.25 bits per heavy atom. The first-order valence-electron chi connectivity index (χ1n) is 5.67. The molecule has 1 amide bonds. The summed E-state index contributed by atoms with van der Waals surface area (Å²) in [5, 5.41) is 2.96. The molecule has 0 radical (unpaired) electrons. The van der Waals surface area contributed by atoms with Gasteiger partial charge in [0.05, 0.1) is 0 Å². The van der Waals surface area contributed by atoms with Gasteiger partial charge in [0.15, 0.2) is 0 Å². The Kier molecular flexibility index (Phi) is 2.95. The number of carbonyl (C=O) groups excluding carboxylic acids is 1. The average Bonchev–Trinajstić information content (AvgIpc) is 2.59. The molecule has 0 aromatic heterocycles. The Bertz CT molecular complexity index is 416. The van der Waals surface area contributed by atoms with Crippen molar-refractivity contribution >= 4 is 5.91 Å². The van der Waals surface area contributed by atoms with Gasteiger partial charge in [0.1, 0.15) is 5.82 Å². The molecule has 1 aliphatic heterocycles. The van der Waals surface area contributed by atoms with E-state index in [0.717, 1.165) is 17.5 Å². The number of aryl methyl sites for hydroxylation is 1. The van der Waals surface area contributed by atoms with Crippen molar-refractivity contribution in [1.29, 1.82) is 0 Å². The van der Waals surface area contributed by atoms with E-state index in [0.29, 0.717) is 6.42 Å². The van der Waals surface area contributed by atoms with Gasteiger partial charge in [0.2, 0.25) is 5.91 Å². The van der Waals surface area contributed by atoms with Gasteiger partial charge in [-0.3, -0.25) is 4.79 Å². The first kappa shape index (κ1) is 11.1. The highest BCUT2D eigenvalue weighted by molar-refractivity contribution is 5.80. The van der Waals surface area contributed by atoms with Gasteiger partial charge in [-0.05, 0) is 36.6 Å². The second kappa shape index (κ2) is 4.24. The van der Waals surface area contributed by atoms with Crippen molar-refractivity contribution in [2.75, 3.05) is 0 Å². The molecule has 1 aliphatic rings. The summed E-state index contributed by atoms with van der Waals surface area (Å²) in [5.74, 6) is 0.0743. The zero-order chi connectivity index (χ0) is 11.7. The number of hydrogen-bond acceptors (Lipinski definition) is 1. The maximum atomic E-state index is 13.0. The van der Waals surface area contributed by atoms with Gasteiger partial charge in [-0.1, -0.05) is 13.0 Å². The summed E-state index contributed by atoms with van der Waals surface area (Å²) < 4.78 is 13.0. The molecular weight excluding hydrogens is 205 g/mol. The number of carbonyl (C=O) groups is 1. The summed E-state index contributed by atoms with van der Waals surface area (Å²) in [4.78, 5) is 11.4. The van der Waals surface area contributed by atoms with Crippen LogP contribution in [0.3, 0.4) is 0 Å². The highest BCUT2D eigenvalue weighted by atomic mass is 19.1. The van der Waals surface area contributed by atoms with Crippen LogP contribution in [0, 0.1) is 12.7 Å². The Balaban J connectivity index is 2.32. The number of benzene rings is 1. The quantitative estimate of drug-likeness (QED) is 0.816. The molecule has 1 aromatic carbocycles. The van der Waals surface area contributed by atoms with Gasteiger partial charge >= 0.3 is 0 Å². The summed E-state index contributed by atoms with van der Waals surface area (Å²) >= 11 is 0. The highest BCUT2D eigenvalue weighted by Gasteiger charge is 2.32. The summed E-state index contributed by atoms with van der Waals surface area (Å²) in [7, 11) is 0. The van der Waals surface area contributed by atoms with Crippen molar-refractivity contribution in [3.05, 3.63) is 35.1 Å². The van der Waals surface area contributed by atoms with Crippen molar-refractivity contribution in [2.45, 2.75) is 38.6 Å². The predicted octanol–water partition coefficient (Wildman–Crippen LogP) is 2.52. The molecule has 3 heteroatoms. The minimum atomic E-state index is -0.216. The van der Waals surface area contributed by atoms with Crippen molar-refractivity contribution < 1.29 is 9.18 Å². The Hall–Kier alpha value is -1.38. The van der Waals surface area contributed by atoms with E-state index in [2.05, 4.69) is 12.2 Å². The lowest BCUT2D eigenvalue weighted by Gasteiger charge is -2.19. The molecule has 2 atom stereocenters. The Morgan fingerprint density at radius 1 is 1.50 bits per heavy atom. The van der Waals surface area contributed by atoms with Crippen molar-refractivity contribution in [1.82, 2.24) is 5.32 Å². The highest BCUT2D eigenvalue weighted by Crippen LogP contribution is 2.32. The van der Waals surface area contributed by atoms with Crippen LogP contribution in [0.25, 0.3) is 0 Å². The molecule has 1 saturated heterocycles. The maximum Gasteiger partial charge on any atom is 0.220 e. The van der Waals surface area contributed by atoms with E-state index in [9.17, 15) is 9.18 Å². The minimum Gasteiger partial charge on any atom is -0.353 e. The van der Waals surface area contributed by atoms with Gasteiger partial charge in [-0.15, -0.1) is 0 Å². The zero-order valence-electron chi connectivity index (χ0n) is 9.59. The van der Waals surface area contributed by atoms with Gasteiger partial charge in [0, 0.05) is 18.4 Å². The fourth-order valence-corrected chi connectivity index (χ4v) is 2.48. The minimum absolute atomic E-state index is 0.0978. The third kappa shape index (κ3) is 1.94. The third-order valence-electron chi connectivity index (χ3n) is 3.31. The smallest absolute Gasteiger partial charge is 0.220 e. The van der Waals surface area contributed by atoms with E-state index < -0.39 is 0 Å². The number of hydrogen-bond donors (Lipinski definition) is 1. The number of halogens is 1. The standard InChI is InChI=1S/C13H16FNO/c1-3-12-11(7-13(16)15-12)10-5-4-9(14)6-8(10)2/h4-6,11-12H,3,7H2,1-2H3,(H,15,16). The molecule has 1 aromatic rings. The molecule has 16 heavy (non-hydrogen) atoms. The van der Waals surface area contributed by atoms with Gasteiger partial charge in [-0.25, -0.2) is 4.39 Å². The summed E-state index contributed by atoms with van der Waals surface area (Å²) in [6.07, 6.45) is 1.43. The zero-order valence-corrected chi connectivity index (χ0v) is 9.59. The normalized spacial score (nSPS) is 24.6. The third-order valence-corrected chi connectivity index (χ3v) is 3.31. The summed E-state index contributed by atoms with van der Waals surface area (Å²) in [5.41, 5.74) is 2.02. The van der Waals surface area contributed by atoms with Crippen LogP contribution in [0.2, 0.25) is 0 Å². The largest absolute Gasteiger partial charge is 0.353 e. The summed E-state index contributed by atoms with van der Waals surface area (Å²) in [6, 6.07) is 5.00. The van der Waals surface area contributed by atoms with Crippen LogP contribution in [0.1, 0.15) is 36.8 Å². The SMILES string of the molecule is CCC1NC(=O)CC1c1ccc(F)cc1C. The van der Waals surface area contributed by atoms with Crippen LogP contribution < -0.4 is 5.32 Å². The molecule has 0 aliphatic carbocycles. The lowest BCUT2D eigenvalue weighted by atomic mass is 9.88. The molecule has 0 spiro atoms. The topological polar surface area (TPSA) is 29.1 Å². The van der Waals surface area contributed by atoms with E-state index in [1.807, 2.05) is 6.92 Å². The fourth-order valence-electron chi connectivity index (χ4n) is 2.48. The Morgan fingerprint density at radius 3 is 2.88 bits per heavy atom. The average molecular weight is 221 g/mol. The van der Waals surface area contributed by atoms with E-state index in [1.54, 1.807) is 6.07 Å². The molecule has 1 fully saturated rings. The monoisotopic (exact) mass is 221 g/mol. The second-order valence-electron chi connectivity index (χ2n) is 4.39. The lowest BCUT2D eigenvalue weighted by Crippen LogP contribution is -2.27. The van der Waals surface area contributed by atoms with Crippen LogP contribution in [-0.4, -0.2) is 11.9 Å². The van der Waals surface area contributed by atoms with E-state index in [-0.39, 0.29) is 23.7 Å². The van der Waals surface area contributed by atoms with Gasteiger partial charge in [0.25, 0.3) is 0 Å². The molecule has 1 N–H and O–H groups in total. The van der Waals surface area contributed by atoms with E-state index in [4.69, 9.17) is 0 Å². The number of rotatable bonds is 2. The summed E-state index contributed by atoms with van der Waals surface area (Å²) in [6.45, 7) is 3.95. The van der Waals surface area contributed by atoms with E-state index in [1.165, 1.54) is 12.1 Å². The molecule has 2 rings (SSSR count). The number of nitrogens with one attached hydrogen (secondary N) is 1. The molecular formula is C13H16FNO. The lowest BCUT2D eigenvalue weighted by molar-refractivity contribution is -0.119. The van der Waals surface area contributed by atoms with Crippen LogP contribution in [0.5, 0.6) is 0 Å². The molecule has 0 bridgehead atoms. The molecule has 86 valence electrons. The first-order valence-corrected chi connectivity index (χ1v) is 5.67. The second-order valence-corrected chi connectivity index (χ2v) is 4.39. The van der Waals surface area contributed by atoms with Crippen LogP contribution in [0.4, 0.5) is 4.39 Å². The van der Waals surface area contributed by atoms with Crippen LogP contribution in [-0.2, 0) is 4.79 Å². The molecule has 2 nitrogen and oxygen atoms in total. The first-order chi connectivity index (χ1) is 7.61. The van der Waals surface area contributed by atoms with Gasteiger partial charge in [-0.2, -0.15) is 0 Å². The van der Waals surface area contributed by atoms with Crippen molar-refractivity contribution in [3.8, 4) is 0 Å². The predicted molar refractivity (Wildman–Crippen MR) is 60.7 cm³/mol. The fraction of sp³-hybridized carbons (Fsp3) is 0.462. The molecule has 0 saturated carbocycles. The maximum absolute atomic E-state index is 13.0. The van der Waals surface area contributed by atoms with Gasteiger partial charge < -0.3 is 5.32 Å². The van der Waals surface area contributed by atoms with Crippen LogP contribution >= 0.6 is 0 Å². The number of amides is 1. The Labute approximate surface area is 94.9 Å². The molecule has 2 unspecified atom stereocenters. The van der Waals surface area contributed by atoms with E-state index >= 15 is 0 Å². The van der Waals surface area contributed by atoms with Crippen LogP contribution in [0.15, 0.2) is 18.2 Å². The van der Waals surface area contributed by atoms with Crippen molar-refractivity contribution in [2.24, 2.45) is 0 Å². The van der Waals surface area contributed by atoms with Crippen molar-refractivity contribution in [3.63, 3.8) is 0 Å². The molecule has 1 heterocycles.